The highest BCUT2D eigenvalue weighted by Crippen LogP contribution is 2.26. The minimum Gasteiger partial charge on any atom is -0.476 e. The molecule has 0 bridgehead atoms. The largest absolute Gasteiger partial charge is 0.476 e. The summed E-state index contributed by atoms with van der Waals surface area (Å²) in [6.07, 6.45) is 7.44. The molecular weight excluding hydrogens is 192 g/mol. The van der Waals surface area contributed by atoms with Gasteiger partial charge in [-0.25, -0.2) is 4.79 Å². The summed E-state index contributed by atoms with van der Waals surface area (Å²) in [6, 6.07) is 1.65. The van der Waals surface area contributed by atoms with Crippen LogP contribution in [0.15, 0.2) is 6.07 Å². The second-order valence-corrected chi connectivity index (χ2v) is 4.29. The molecule has 1 aliphatic carbocycles. The first-order valence-corrected chi connectivity index (χ1v) is 5.53. The van der Waals surface area contributed by atoms with Crippen molar-refractivity contribution in [3.63, 3.8) is 0 Å². The van der Waals surface area contributed by atoms with Crippen molar-refractivity contribution >= 4 is 5.97 Å². The number of hydrogen-bond donors (Lipinski definition) is 2. The number of aromatic nitrogens is 2. The number of nitrogens with zero attached hydrogens (tertiary/aromatic N) is 1. The molecule has 82 valence electrons. The third-order valence-electron chi connectivity index (χ3n) is 3.08. The highest BCUT2D eigenvalue weighted by Gasteiger charge is 2.16. The van der Waals surface area contributed by atoms with Gasteiger partial charge in [-0.2, -0.15) is 5.10 Å². The number of aromatic amines is 1. The smallest absolute Gasteiger partial charge is 0.356 e. The lowest BCUT2D eigenvalue weighted by atomic mass is 9.86. The maximum atomic E-state index is 10.6. The summed E-state index contributed by atoms with van der Waals surface area (Å²) < 4.78 is 0. The van der Waals surface area contributed by atoms with Crippen LogP contribution >= 0.6 is 0 Å². The van der Waals surface area contributed by atoms with E-state index >= 15 is 0 Å². The molecule has 1 aromatic heterocycles. The maximum absolute atomic E-state index is 10.6. The van der Waals surface area contributed by atoms with Crippen molar-refractivity contribution in [2.45, 2.75) is 38.5 Å². The molecule has 1 fully saturated rings. The van der Waals surface area contributed by atoms with Crippen molar-refractivity contribution in [3.8, 4) is 0 Å². The molecule has 15 heavy (non-hydrogen) atoms. The molecule has 1 aliphatic rings. The second-order valence-electron chi connectivity index (χ2n) is 4.29. The van der Waals surface area contributed by atoms with Crippen molar-refractivity contribution in [1.29, 1.82) is 0 Å². The third kappa shape index (κ3) is 2.58. The molecule has 2 rings (SSSR count). The molecule has 0 radical (unpaired) electrons. The predicted molar refractivity (Wildman–Crippen MR) is 55.8 cm³/mol. The molecule has 0 saturated heterocycles. The van der Waals surface area contributed by atoms with Crippen molar-refractivity contribution in [2.75, 3.05) is 0 Å². The number of carboxylic acids is 1. The molecular formula is C11H16N2O2. The van der Waals surface area contributed by atoms with E-state index in [0.29, 0.717) is 5.92 Å². The van der Waals surface area contributed by atoms with E-state index in [-0.39, 0.29) is 5.69 Å². The molecule has 1 saturated carbocycles. The van der Waals surface area contributed by atoms with Crippen LogP contribution in [0.25, 0.3) is 0 Å². The lowest BCUT2D eigenvalue weighted by Gasteiger charge is -2.20. The van der Waals surface area contributed by atoms with Gasteiger partial charge in [0.25, 0.3) is 0 Å². The van der Waals surface area contributed by atoms with Crippen LogP contribution in [0.3, 0.4) is 0 Å². The van der Waals surface area contributed by atoms with Crippen LogP contribution in [0.4, 0.5) is 0 Å². The van der Waals surface area contributed by atoms with Crippen LogP contribution in [-0.2, 0) is 6.42 Å². The Morgan fingerprint density at radius 2 is 2.20 bits per heavy atom. The third-order valence-corrected chi connectivity index (χ3v) is 3.08. The van der Waals surface area contributed by atoms with E-state index in [2.05, 4.69) is 10.2 Å². The topological polar surface area (TPSA) is 66.0 Å². The van der Waals surface area contributed by atoms with Gasteiger partial charge in [-0.15, -0.1) is 0 Å². The Kier molecular flexibility index (Phi) is 3.04. The number of aromatic carboxylic acids is 1. The monoisotopic (exact) mass is 208 g/mol. The zero-order valence-corrected chi connectivity index (χ0v) is 8.70. The van der Waals surface area contributed by atoms with E-state index in [1.54, 1.807) is 6.07 Å². The number of carboxylic acid groups (broad SMARTS) is 1. The average molecular weight is 208 g/mol. The summed E-state index contributed by atoms with van der Waals surface area (Å²) in [6.45, 7) is 0. The maximum Gasteiger partial charge on any atom is 0.356 e. The Balaban J connectivity index is 1.94. The SMILES string of the molecule is O=C(O)c1cc(CC2CCCCC2)[nH]n1. The first-order chi connectivity index (χ1) is 7.25. The van der Waals surface area contributed by atoms with E-state index < -0.39 is 5.97 Å². The molecule has 0 aromatic carbocycles. The van der Waals surface area contributed by atoms with Crippen molar-refractivity contribution < 1.29 is 9.90 Å². The van der Waals surface area contributed by atoms with Crippen molar-refractivity contribution in [3.05, 3.63) is 17.5 Å². The van der Waals surface area contributed by atoms with E-state index in [1.807, 2.05) is 0 Å². The van der Waals surface area contributed by atoms with Gasteiger partial charge < -0.3 is 5.11 Å². The molecule has 4 nitrogen and oxygen atoms in total. The van der Waals surface area contributed by atoms with Crippen LogP contribution in [0.2, 0.25) is 0 Å². The number of carbonyl (C=O) groups is 1. The fourth-order valence-corrected chi connectivity index (χ4v) is 2.28. The summed E-state index contributed by atoms with van der Waals surface area (Å²) >= 11 is 0. The van der Waals surface area contributed by atoms with Gasteiger partial charge in [0.05, 0.1) is 0 Å². The van der Waals surface area contributed by atoms with Gasteiger partial charge in [0, 0.05) is 5.69 Å². The number of nitrogens with one attached hydrogen (secondary N) is 1. The van der Waals surface area contributed by atoms with E-state index in [1.165, 1.54) is 32.1 Å². The Labute approximate surface area is 88.7 Å². The molecule has 0 amide bonds. The summed E-state index contributed by atoms with van der Waals surface area (Å²) in [7, 11) is 0. The molecule has 1 aromatic rings. The summed E-state index contributed by atoms with van der Waals surface area (Å²) in [5.74, 6) is -0.248. The Morgan fingerprint density at radius 3 is 2.80 bits per heavy atom. The minimum absolute atomic E-state index is 0.126. The Bertz CT molecular complexity index is 340. The van der Waals surface area contributed by atoms with Crippen LogP contribution in [0.5, 0.6) is 0 Å². The zero-order chi connectivity index (χ0) is 10.7. The Hall–Kier alpha value is -1.32. The lowest BCUT2D eigenvalue weighted by Crippen LogP contribution is -2.09. The molecule has 0 atom stereocenters. The van der Waals surface area contributed by atoms with Crippen molar-refractivity contribution in [2.24, 2.45) is 5.92 Å². The van der Waals surface area contributed by atoms with Crippen LogP contribution in [0, 0.1) is 5.92 Å². The molecule has 1 heterocycles. The number of H-pyrrole nitrogens is 1. The molecule has 0 unspecified atom stereocenters. The molecule has 0 spiro atoms. The van der Waals surface area contributed by atoms with Gasteiger partial charge in [-0.1, -0.05) is 32.1 Å². The molecule has 4 heteroatoms. The highest BCUT2D eigenvalue weighted by molar-refractivity contribution is 5.85. The zero-order valence-electron chi connectivity index (χ0n) is 8.70. The fraction of sp³-hybridized carbons (Fsp3) is 0.636. The highest BCUT2D eigenvalue weighted by atomic mass is 16.4. The summed E-state index contributed by atoms with van der Waals surface area (Å²) in [5.41, 5.74) is 1.08. The molecule has 2 N–H and O–H groups in total. The van der Waals surface area contributed by atoms with E-state index in [9.17, 15) is 4.79 Å². The van der Waals surface area contributed by atoms with Gasteiger partial charge in [0.1, 0.15) is 0 Å². The van der Waals surface area contributed by atoms with Gasteiger partial charge in [0.2, 0.25) is 0 Å². The van der Waals surface area contributed by atoms with Crippen LogP contribution in [0.1, 0.15) is 48.3 Å². The summed E-state index contributed by atoms with van der Waals surface area (Å²) in [4.78, 5) is 10.6. The lowest BCUT2D eigenvalue weighted by molar-refractivity contribution is 0.0690. The predicted octanol–water partition coefficient (Wildman–Crippen LogP) is 2.23. The Morgan fingerprint density at radius 1 is 1.47 bits per heavy atom. The van der Waals surface area contributed by atoms with Gasteiger partial charge in [0.15, 0.2) is 5.69 Å². The minimum atomic E-state index is -0.957. The van der Waals surface area contributed by atoms with Gasteiger partial charge in [-0.3, -0.25) is 5.10 Å². The average Bonchev–Trinajstić information content (AvgIpc) is 2.68. The van der Waals surface area contributed by atoms with E-state index in [4.69, 9.17) is 5.11 Å². The van der Waals surface area contributed by atoms with Gasteiger partial charge in [-0.05, 0) is 18.4 Å². The summed E-state index contributed by atoms with van der Waals surface area (Å²) in [5, 5.41) is 15.3. The number of rotatable bonds is 3. The quantitative estimate of drug-likeness (QED) is 0.800. The van der Waals surface area contributed by atoms with Crippen LogP contribution < -0.4 is 0 Å². The molecule has 0 aliphatic heterocycles. The first-order valence-electron chi connectivity index (χ1n) is 5.53. The first kappa shape index (κ1) is 10.2. The van der Waals surface area contributed by atoms with Gasteiger partial charge >= 0.3 is 5.97 Å². The standard InChI is InChI=1S/C11H16N2O2/c14-11(15)10-7-9(12-13-10)6-8-4-2-1-3-5-8/h7-8H,1-6H2,(H,12,13)(H,14,15). The second kappa shape index (κ2) is 4.47. The number of hydrogen-bond acceptors (Lipinski definition) is 2. The fourth-order valence-electron chi connectivity index (χ4n) is 2.28. The van der Waals surface area contributed by atoms with Crippen LogP contribution in [-0.4, -0.2) is 21.3 Å². The van der Waals surface area contributed by atoms with Crippen molar-refractivity contribution in [1.82, 2.24) is 10.2 Å². The van der Waals surface area contributed by atoms with E-state index in [0.717, 1.165) is 12.1 Å². The normalized spacial score (nSPS) is 17.9.